The summed E-state index contributed by atoms with van der Waals surface area (Å²) in [5, 5.41) is 5.89. The zero-order valence-corrected chi connectivity index (χ0v) is 16.1. The van der Waals surface area contributed by atoms with E-state index in [9.17, 15) is 9.59 Å². The Hall–Kier alpha value is -1.51. The summed E-state index contributed by atoms with van der Waals surface area (Å²) < 4.78 is 0. The minimum atomic E-state index is -0.0178. The summed E-state index contributed by atoms with van der Waals surface area (Å²) >= 11 is 1.49. The molecule has 3 rings (SSSR count). The molecule has 2 aliphatic rings. The Balaban J connectivity index is 1.41. The number of nitrogens with zero attached hydrogens (tertiary/aromatic N) is 3. The zero-order chi connectivity index (χ0) is 18.4. The summed E-state index contributed by atoms with van der Waals surface area (Å²) in [6.45, 7) is 3.70. The molecule has 3 N–H and O–H groups in total. The molecule has 0 bridgehead atoms. The number of carbonyl (C=O) groups excluding carboxylic acids is 2. The van der Waals surface area contributed by atoms with Crippen LogP contribution in [0.25, 0.3) is 0 Å². The lowest BCUT2D eigenvalue weighted by molar-refractivity contribution is -0.123. The van der Waals surface area contributed by atoms with Gasteiger partial charge in [-0.2, -0.15) is 0 Å². The highest BCUT2D eigenvalue weighted by molar-refractivity contribution is 7.09. The zero-order valence-electron chi connectivity index (χ0n) is 15.3. The predicted molar refractivity (Wildman–Crippen MR) is 102 cm³/mol. The van der Waals surface area contributed by atoms with Gasteiger partial charge < -0.3 is 16.0 Å². The fourth-order valence-corrected chi connectivity index (χ4v) is 4.43. The molecule has 2 amide bonds. The quantitative estimate of drug-likeness (QED) is 0.765. The van der Waals surface area contributed by atoms with Crippen molar-refractivity contribution in [3.05, 3.63) is 16.1 Å². The van der Waals surface area contributed by atoms with E-state index in [-0.39, 0.29) is 11.8 Å². The van der Waals surface area contributed by atoms with Gasteiger partial charge >= 0.3 is 0 Å². The van der Waals surface area contributed by atoms with Gasteiger partial charge in [-0.3, -0.25) is 14.5 Å². The second-order valence-electron chi connectivity index (χ2n) is 7.14. The van der Waals surface area contributed by atoms with Gasteiger partial charge in [-0.05, 0) is 19.4 Å². The molecule has 2 heterocycles. The van der Waals surface area contributed by atoms with Crippen molar-refractivity contribution in [1.29, 1.82) is 0 Å². The third kappa shape index (κ3) is 5.25. The molecule has 0 unspecified atom stereocenters. The minimum absolute atomic E-state index is 0.0178. The number of rotatable bonds is 6. The molecule has 1 aromatic heterocycles. The molecule has 2 fully saturated rings. The van der Waals surface area contributed by atoms with Crippen molar-refractivity contribution in [2.45, 2.75) is 44.6 Å². The van der Waals surface area contributed by atoms with Crippen molar-refractivity contribution in [1.82, 2.24) is 20.1 Å². The number of hydrogen-bond donors (Lipinski definition) is 2. The molecular formula is C18H29N5O2S. The summed E-state index contributed by atoms with van der Waals surface area (Å²) in [5.41, 5.74) is 6.05. The van der Waals surface area contributed by atoms with Gasteiger partial charge in [0.2, 0.25) is 5.91 Å². The van der Waals surface area contributed by atoms with Gasteiger partial charge in [0.05, 0.1) is 11.6 Å². The van der Waals surface area contributed by atoms with Crippen LogP contribution in [0.5, 0.6) is 0 Å². The second-order valence-corrected chi connectivity index (χ2v) is 8.08. The van der Waals surface area contributed by atoms with Crippen molar-refractivity contribution in [2.24, 2.45) is 5.73 Å². The number of amides is 2. The van der Waals surface area contributed by atoms with E-state index >= 15 is 0 Å². The van der Waals surface area contributed by atoms with Gasteiger partial charge in [0.1, 0.15) is 5.69 Å². The monoisotopic (exact) mass is 379 g/mol. The van der Waals surface area contributed by atoms with Crippen molar-refractivity contribution >= 4 is 23.2 Å². The lowest BCUT2D eigenvalue weighted by Gasteiger charge is -2.34. The van der Waals surface area contributed by atoms with Crippen LogP contribution in [-0.2, 0) is 11.2 Å². The number of thiazole rings is 1. The van der Waals surface area contributed by atoms with Crippen LogP contribution >= 0.6 is 11.3 Å². The van der Waals surface area contributed by atoms with E-state index in [0.29, 0.717) is 44.3 Å². The first-order chi connectivity index (χ1) is 12.7. The Kier molecular flexibility index (Phi) is 6.99. The van der Waals surface area contributed by atoms with Crippen LogP contribution in [0.15, 0.2) is 5.38 Å². The number of aromatic nitrogens is 1. The van der Waals surface area contributed by atoms with E-state index in [4.69, 9.17) is 5.73 Å². The SMILES string of the molecule is NCCc1nc(C(=O)N2CCN(CC(=O)NC3CCCCC3)CC2)cs1. The minimum Gasteiger partial charge on any atom is -0.352 e. The molecule has 1 aliphatic carbocycles. The first kappa shape index (κ1) is 19.3. The van der Waals surface area contributed by atoms with Crippen LogP contribution in [0.4, 0.5) is 0 Å². The average Bonchev–Trinajstić information content (AvgIpc) is 3.11. The maximum absolute atomic E-state index is 12.5. The van der Waals surface area contributed by atoms with E-state index in [2.05, 4.69) is 15.2 Å². The van der Waals surface area contributed by atoms with E-state index in [1.165, 1.54) is 30.6 Å². The lowest BCUT2D eigenvalue weighted by atomic mass is 9.95. The number of carbonyl (C=O) groups is 2. The van der Waals surface area contributed by atoms with Crippen LogP contribution < -0.4 is 11.1 Å². The molecule has 0 spiro atoms. The maximum atomic E-state index is 12.5. The van der Waals surface area contributed by atoms with Crippen LogP contribution in [0, 0.1) is 0 Å². The van der Waals surface area contributed by atoms with E-state index in [0.717, 1.165) is 30.9 Å². The maximum Gasteiger partial charge on any atom is 0.273 e. The first-order valence-corrected chi connectivity index (χ1v) is 10.5. The predicted octanol–water partition coefficient (Wildman–Crippen LogP) is 0.851. The molecule has 0 aromatic carbocycles. The molecule has 0 atom stereocenters. The van der Waals surface area contributed by atoms with E-state index < -0.39 is 0 Å². The molecular weight excluding hydrogens is 350 g/mol. The molecule has 144 valence electrons. The van der Waals surface area contributed by atoms with Crippen molar-refractivity contribution in [3.63, 3.8) is 0 Å². The Morgan fingerprint density at radius 2 is 1.92 bits per heavy atom. The highest BCUT2D eigenvalue weighted by Gasteiger charge is 2.25. The normalized spacial score (nSPS) is 19.5. The van der Waals surface area contributed by atoms with Crippen LogP contribution in [0.3, 0.4) is 0 Å². The molecule has 26 heavy (non-hydrogen) atoms. The molecule has 1 aromatic rings. The van der Waals surface area contributed by atoms with Crippen molar-refractivity contribution in [2.75, 3.05) is 39.3 Å². The summed E-state index contributed by atoms with van der Waals surface area (Å²) in [7, 11) is 0. The van der Waals surface area contributed by atoms with E-state index in [1.807, 2.05) is 10.3 Å². The van der Waals surface area contributed by atoms with Gasteiger partial charge in [-0.1, -0.05) is 19.3 Å². The molecule has 0 radical (unpaired) electrons. The van der Waals surface area contributed by atoms with Gasteiger partial charge in [0.15, 0.2) is 0 Å². The highest BCUT2D eigenvalue weighted by Crippen LogP contribution is 2.17. The van der Waals surface area contributed by atoms with Gasteiger partial charge in [-0.15, -0.1) is 11.3 Å². The summed E-state index contributed by atoms with van der Waals surface area (Å²) in [6.07, 6.45) is 6.64. The Morgan fingerprint density at radius 3 is 2.62 bits per heavy atom. The topological polar surface area (TPSA) is 91.6 Å². The second kappa shape index (κ2) is 9.43. The fraction of sp³-hybridized carbons (Fsp3) is 0.722. The summed E-state index contributed by atoms with van der Waals surface area (Å²) in [6, 6.07) is 0.353. The third-order valence-electron chi connectivity index (χ3n) is 5.13. The Bertz CT molecular complexity index is 606. The van der Waals surface area contributed by atoms with Crippen molar-refractivity contribution < 1.29 is 9.59 Å². The fourth-order valence-electron chi connectivity index (χ4n) is 3.64. The summed E-state index contributed by atoms with van der Waals surface area (Å²) in [4.78, 5) is 33.1. The summed E-state index contributed by atoms with van der Waals surface area (Å²) in [5.74, 6) is 0.0958. The smallest absolute Gasteiger partial charge is 0.273 e. The van der Waals surface area contributed by atoms with Crippen molar-refractivity contribution in [3.8, 4) is 0 Å². The standard InChI is InChI=1S/C18H29N5O2S/c19-7-6-17-21-15(13-26-17)18(25)23-10-8-22(9-11-23)12-16(24)20-14-4-2-1-3-5-14/h13-14H,1-12,19H2,(H,20,24). The van der Waals surface area contributed by atoms with Crippen LogP contribution in [0.1, 0.15) is 47.6 Å². The van der Waals surface area contributed by atoms with Gasteiger partial charge in [0, 0.05) is 44.0 Å². The number of nitrogens with one attached hydrogen (secondary N) is 1. The first-order valence-electron chi connectivity index (χ1n) is 9.61. The number of hydrogen-bond acceptors (Lipinski definition) is 6. The molecule has 8 heteroatoms. The average molecular weight is 380 g/mol. The number of nitrogens with two attached hydrogens (primary N) is 1. The largest absolute Gasteiger partial charge is 0.352 e. The van der Waals surface area contributed by atoms with Gasteiger partial charge in [-0.25, -0.2) is 4.98 Å². The van der Waals surface area contributed by atoms with Crippen LogP contribution in [0.2, 0.25) is 0 Å². The van der Waals surface area contributed by atoms with Gasteiger partial charge in [0.25, 0.3) is 5.91 Å². The number of piperazine rings is 1. The molecule has 7 nitrogen and oxygen atoms in total. The molecule has 1 aliphatic heterocycles. The third-order valence-corrected chi connectivity index (χ3v) is 6.03. The lowest BCUT2D eigenvalue weighted by Crippen LogP contribution is -2.52. The highest BCUT2D eigenvalue weighted by atomic mass is 32.1. The molecule has 1 saturated carbocycles. The van der Waals surface area contributed by atoms with E-state index in [1.54, 1.807) is 0 Å². The Morgan fingerprint density at radius 1 is 1.19 bits per heavy atom. The molecule has 1 saturated heterocycles. The Labute approximate surface area is 158 Å². The van der Waals surface area contributed by atoms with Crippen LogP contribution in [-0.4, -0.2) is 71.9 Å².